The highest BCUT2D eigenvalue weighted by atomic mass is 28.3. The van der Waals surface area contributed by atoms with E-state index in [4.69, 9.17) is 0 Å². The molecular formula is C8H19NSi2. The average molecular weight is 185 g/mol. The van der Waals surface area contributed by atoms with Gasteiger partial charge in [-0.3, -0.25) is 0 Å². The normalized spacial score (nSPS) is 12.0. The Morgan fingerprint density at radius 1 is 1.09 bits per heavy atom. The molecule has 0 unspecified atom stereocenters. The standard InChI is InChI=1S/C8H19NSi2/c1-5-8(6-2,7-3)11-9-10-4/h9H,5-7H2,1-4H3. The van der Waals surface area contributed by atoms with Crippen molar-refractivity contribution in [2.75, 3.05) is 0 Å². The van der Waals surface area contributed by atoms with Crippen LogP contribution in [0.3, 0.4) is 0 Å². The molecule has 1 nitrogen and oxygen atoms in total. The average Bonchev–Trinajstić information content (AvgIpc) is 2.08. The first-order valence-electron chi connectivity index (χ1n) is 4.43. The Kier molecular flexibility index (Phi) is 6.18. The van der Waals surface area contributed by atoms with E-state index in [1.165, 1.54) is 19.3 Å². The van der Waals surface area contributed by atoms with Crippen LogP contribution >= 0.6 is 0 Å². The van der Waals surface area contributed by atoms with Crippen LogP contribution in [0.5, 0.6) is 0 Å². The Hall–Kier alpha value is 0.394. The molecule has 0 aliphatic rings. The lowest BCUT2D eigenvalue weighted by molar-refractivity contribution is 0.493. The van der Waals surface area contributed by atoms with Crippen LogP contribution in [0.1, 0.15) is 40.0 Å². The minimum Gasteiger partial charge on any atom is -0.363 e. The van der Waals surface area contributed by atoms with Gasteiger partial charge < -0.3 is 4.65 Å². The molecular weight excluding hydrogens is 166 g/mol. The number of rotatable bonds is 6. The van der Waals surface area contributed by atoms with Crippen LogP contribution in [0.25, 0.3) is 0 Å². The topological polar surface area (TPSA) is 12.0 Å². The van der Waals surface area contributed by atoms with Crippen molar-refractivity contribution < 1.29 is 0 Å². The molecule has 0 aliphatic carbocycles. The van der Waals surface area contributed by atoms with E-state index >= 15 is 0 Å². The molecule has 0 aromatic heterocycles. The third-order valence-electron chi connectivity index (χ3n) is 2.48. The van der Waals surface area contributed by atoms with Gasteiger partial charge in [0.05, 0.1) is 0 Å². The van der Waals surface area contributed by atoms with E-state index in [2.05, 4.69) is 32.0 Å². The first-order chi connectivity index (χ1) is 5.24. The SMILES string of the molecule is CCC(CC)(CC)[Si]N[Si]C. The van der Waals surface area contributed by atoms with Crippen LogP contribution in [0.2, 0.25) is 11.6 Å². The second kappa shape index (κ2) is 5.97. The molecule has 0 bridgehead atoms. The molecule has 0 amide bonds. The van der Waals surface area contributed by atoms with Crippen LogP contribution < -0.4 is 4.65 Å². The summed E-state index contributed by atoms with van der Waals surface area (Å²) in [7, 11) is 1.86. The van der Waals surface area contributed by atoms with E-state index in [0.717, 1.165) is 19.4 Å². The van der Waals surface area contributed by atoms with Gasteiger partial charge in [-0.1, -0.05) is 46.6 Å². The second-order valence-corrected chi connectivity index (χ2v) is 5.65. The molecule has 0 aromatic rings. The molecule has 0 saturated carbocycles. The van der Waals surface area contributed by atoms with E-state index < -0.39 is 0 Å². The highest BCUT2D eigenvalue weighted by Gasteiger charge is 2.23. The summed E-state index contributed by atoms with van der Waals surface area (Å²) in [5.74, 6) is 0. The van der Waals surface area contributed by atoms with Crippen LogP contribution in [-0.2, 0) is 0 Å². The highest BCUT2D eigenvalue weighted by Crippen LogP contribution is 2.36. The molecule has 0 spiro atoms. The van der Waals surface area contributed by atoms with Crippen molar-refractivity contribution in [3.63, 3.8) is 0 Å². The van der Waals surface area contributed by atoms with Crippen molar-refractivity contribution in [2.45, 2.75) is 51.6 Å². The maximum absolute atomic E-state index is 3.50. The Morgan fingerprint density at radius 2 is 1.55 bits per heavy atom. The molecule has 1 N–H and O–H groups in total. The number of hydrogen-bond donors (Lipinski definition) is 1. The van der Waals surface area contributed by atoms with Gasteiger partial charge in [0.2, 0.25) is 0 Å². The molecule has 0 rings (SSSR count). The fraction of sp³-hybridized carbons (Fsp3) is 1.00. The van der Waals surface area contributed by atoms with Crippen molar-refractivity contribution in [3.8, 4) is 0 Å². The molecule has 0 fully saturated rings. The molecule has 64 valence electrons. The minimum absolute atomic E-state index is 0.600. The first kappa shape index (κ1) is 11.4. The summed E-state index contributed by atoms with van der Waals surface area (Å²) in [5.41, 5.74) is 0. The largest absolute Gasteiger partial charge is 0.363 e. The molecule has 11 heavy (non-hydrogen) atoms. The van der Waals surface area contributed by atoms with Gasteiger partial charge in [0.25, 0.3) is 0 Å². The van der Waals surface area contributed by atoms with Gasteiger partial charge in [0.1, 0.15) is 19.4 Å². The van der Waals surface area contributed by atoms with Crippen molar-refractivity contribution in [3.05, 3.63) is 0 Å². The lowest BCUT2D eigenvalue weighted by Crippen LogP contribution is -2.33. The Labute approximate surface area is 76.2 Å². The predicted octanol–water partition coefficient (Wildman–Crippen LogP) is 2.25. The lowest BCUT2D eigenvalue weighted by atomic mass is 9.99. The van der Waals surface area contributed by atoms with E-state index in [0.29, 0.717) is 5.04 Å². The first-order valence-corrected chi connectivity index (χ1v) is 6.93. The van der Waals surface area contributed by atoms with Gasteiger partial charge >= 0.3 is 0 Å². The minimum atomic E-state index is 0.600. The van der Waals surface area contributed by atoms with Gasteiger partial charge in [0.15, 0.2) is 0 Å². The van der Waals surface area contributed by atoms with E-state index in [-0.39, 0.29) is 0 Å². The summed E-state index contributed by atoms with van der Waals surface area (Å²) in [4.78, 5) is 0. The summed E-state index contributed by atoms with van der Waals surface area (Å²) in [6, 6.07) is 0. The predicted molar refractivity (Wildman–Crippen MR) is 54.1 cm³/mol. The summed E-state index contributed by atoms with van der Waals surface area (Å²) in [6.07, 6.45) is 3.95. The fourth-order valence-electron chi connectivity index (χ4n) is 1.21. The Bertz CT molecular complexity index is 83.8. The van der Waals surface area contributed by atoms with Crippen molar-refractivity contribution >= 4 is 19.4 Å². The molecule has 0 aromatic carbocycles. The maximum Gasteiger partial charge on any atom is 0.138 e. The van der Waals surface area contributed by atoms with Crippen molar-refractivity contribution in [1.29, 1.82) is 0 Å². The van der Waals surface area contributed by atoms with E-state index in [9.17, 15) is 0 Å². The smallest absolute Gasteiger partial charge is 0.138 e. The maximum atomic E-state index is 3.50. The van der Waals surface area contributed by atoms with Gasteiger partial charge in [-0.25, -0.2) is 0 Å². The quantitative estimate of drug-likeness (QED) is 0.626. The monoisotopic (exact) mass is 185 g/mol. The molecule has 0 saturated heterocycles. The van der Waals surface area contributed by atoms with Crippen LogP contribution in [0.15, 0.2) is 0 Å². The Balaban J connectivity index is 3.84. The summed E-state index contributed by atoms with van der Waals surface area (Å²) >= 11 is 0. The summed E-state index contributed by atoms with van der Waals surface area (Å²) in [5, 5.41) is 0.600. The highest BCUT2D eigenvalue weighted by molar-refractivity contribution is 6.52. The van der Waals surface area contributed by atoms with Crippen LogP contribution in [0.4, 0.5) is 0 Å². The molecule has 0 heterocycles. The third-order valence-corrected chi connectivity index (χ3v) is 5.57. The Morgan fingerprint density at radius 3 is 1.82 bits per heavy atom. The second-order valence-electron chi connectivity index (χ2n) is 2.84. The molecule has 4 radical (unpaired) electrons. The van der Waals surface area contributed by atoms with Crippen LogP contribution in [0, 0.1) is 0 Å². The van der Waals surface area contributed by atoms with Gasteiger partial charge in [-0.05, 0) is 5.04 Å². The third kappa shape index (κ3) is 3.53. The zero-order chi connectivity index (χ0) is 8.74. The van der Waals surface area contributed by atoms with Gasteiger partial charge in [-0.2, -0.15) is 0 Å². The van der Waals surface area contributed by atoms with Crippen molar-refractivity contribution in [1.82, 2.24) is 4.65 Å². The fourth-order valence-corrected chi connectivity index (χ4v) is 3.30. The van der Waals surface area contributed by atoms with E-state index in [1.807, 2.05) is 0 Å². The summed E-state index contributed by atoms with van der Waals surface area (Å²) < 4.78 is 3.50. The molecule has 0 atom stereocenters. The zero-order valence-electron chi connectivity index (χ0n) is 8.12. The molecule has 3 heteroatoms. The molecule has 0 aliphatic heterocycles. The van der Waals surface area contributed by atoms with Crippen molar-refractivity contribution in [2.24, 2.45) is 0 Å². The van der Waals surface area contributed by atoms with Gasteiger partial charge in [0, 0.05) is 0 Å². The summed E-state index contributed by atoms with van der Waals surface area (Å²) in [6.45, 7) is 9.13. The van der Waals surface area contributed by atoms with Crippen LogP contribution in [-0.4, -0.2) is 19.4 Å². The number of nitrogens with one attached hydrogen (secondary N) is 1. The van der Waals surface area contributed by atoms with E-state index in [1.54, 1.807) is 0 Å². The van der Waals surface area contributed by atoms with Gasteiger partial charge in [-0.15, -0.1) is 0 Å². The lowest BCUT2D eigenvalue weighted by Gasteiger charge is -2.29. The zero-order valence-corrected chi connectivity index (χ0v) is 10.1. The number of hydrogen-bond acceptors (Lipinski definition) is 1.